The lowest BCUT2D eigenvalue weighted by Crippen LogP contribution is -2.02. The van der Waals surface area contributed by atoms with Crippen LogP contribution < -0.4 is 15.2 Å². The van der Waals surface area contributed by atoms with Crippen LogP contribution in [-0.4, -0.2) is 31.0 Å². The highest BCUT2D eigenvalue weighted by Gasteiger charge is 2.11. The summed E-state index contributed by atoms with van der Waals surface area (Å²) in [4.78, 5) is 0. The van der Waals surface area contributed by atoms with E-state index in [1.807, 2.05) is 18.2 Å². The molecule has 0 saturated heterocycles. The van der Waals surface area contributed by atoms with Crippen LogP contribution in [0.4, 0.5) is 0 Å². The van der Waals surface area contributed by atoms with Crippen molar-refractivity contribution in [3.63, 3.8) is 0 Å². The van der Waals surface area contributed by atoms with Crippen molar-refractivity contribution >= 4 is 0 Å². The molecule has 0 aliphatic rings. The van der Waals surface area contributed by atoms with E-state index in [1.165, 1.54) is 0 Å². The number of nitrogens with two attached hydrogens (primary N) is 1. The number of methoxy groups -OCH3 is 2. The molecule has 0 radical (unpaired) electrons. The Labute approximate surface area is 111 Å². The van der Waals surface area contributed by atoms with Crippen molar-refractivity contribution in [3.8, 4) is 11.5 Å². The minimum atomic E-state index is 0.490. The molecule has 1 aromatic carbocycles. The molecule has 0 atom stereocenters. The van der Waals surface area contributed by atoms with Crippen molar-refractivity contribution in [1.82, 2.24) is 10.2 Å². The number of nitrogens with zero attached hydrogens (tertiary/aromatic N) is 2. The third kappa shape index (κ3) is 3.23. The van der Waals surface area contributed by atoms with Gasteiger partial charge in [-0.3, -0.25) is 0 Å². The summed E-state index contributed by atoms with van der Waals surface area (Å²) in [5, 5.41) is 7.92. The Hall–Kier alpha value is -2.08. The Morgan fingerprint density at radius 2 is 1.95 bits per heavy atom. The second-order valence-corrected chi connectivity index (χ2v) is 3.98. The lowest BCUT2D eigenvalue weighted by atomic mass is 10.1. The fourth-order valence-electron chi connectivity index (χ4n) is 1.77. The van der Waals surface area contributed by atoms with Gasteiger partial charge in [-0.05, 0) is 18.2 Å². The van der Waals surface area contributed by atoms with Gasteiger partial charge in [0.05, 0.1) is 20.6 Å². The molecule has 0 amide bonds. The Morgan fingerprint density at radius 3 is 2.63 bits per heavy atom. The van der Waals surface area contributed by atoms with E-state index in [1.54, 1.807) is 14.2 Å². The van der Waals surface area contributed by atoms with Gasteiger partial charge in [0.25, 0.3) is 0 Å². The van der Waals surface area contributed by atoms with Crippen molar-refractivity contribution in [1.29, 1.82) is 0 Å². The van der Waals surface area contributed by atoms with E-state index in [9.17, 15) is 0 Å². The summed E-state index contributed by atoms with van der Waals surface area (Å²) in [6.45, 7) is 0.490. The predicted molar refractivity (Wildman–Crippen MR) is 69.4 cm³/mol. The van der Waals surface area contributed by atoms with E-state index < -0.39 is 0 Å². The molecule has 0 aliphatic carbocycles. The van der Waals surface area contributed by atoms with Crippen LogP contribution in [0.1, 0.15) is 17.3 Å². The van der Waals surface area contributed by atoms with E-state index >= 15 is 0 Å². The molecular weight excluding hydrogens is 246 g/mol. The smallest absolute Gasteiger partial charge is 0.221 e. The van der Waals surface area contributed by atoms with E-state index in [0.29, 0.717) is 31.2 Å². The van der Waals surface area contributed by atoms with Gasteiger partial charge < -0.3 is 19.6 Å². The molecule has 1 heterocycles. The highest BCUT2D eigenvalue weighted by molar-refractivity contribution is 5.41. The van der Waals surface area contributed by atoms with E-state index in [2.05, 4.69) is 10.2 Å². The number of hydrogen-bond acceptors (Lipinski definition) is 6. The molecule has 6 nitrogen and oxygen atoms in total. The van der Waals surface area contributed by atoms with Gasteiger partial charge in [0.15, 0.2) is 0 Å². The predicted octanol–water partition coefficient (Wildman–Crippen LogP) is 1.18. The van der Waals surface area contributed by atoms with Crippen LogP contribution in [0.15, 0.2) is 22.6 Å². The van der Waals surface area contributed by atoms with Crippen LogP contribution in [0, 0.1) is 0 Å². The van der Waals surface area contributed by atoms with Crippen molar-refractivity contribution in [3.05, 3.63) is 35.5 Å². The molecule has 102 valence electrons. The molecule has 2 rings (SSSR count). The number of benzene rings is 1. The minimum absolute atomic E-state index is 0.490. The highest BCUT2D eigenvalue weighted by Crippen LogP contribution is 2.25. The average molecular weight is 263 g/mol. The number of ether oxygens (including phenoxy) is 2. The Kier molecular flexibility index (Phi) is 4.35. The lowest BCUT2D eigenvalue weighted by Gasteiger charge is -2.08. The zero-order valence-electron chi connectivity index (χ0n) is 11.0. The van der Waals surface area contributed by atoms with Gasteiger partial charge in [-0.1, -0.05) is 0 Å². The molecule has 6 heteroatoms. The zero-order valence-corrected chi connectivity index (χ0v) is 11.0. The van der Waals surface area contributed by atoms with E-state index in [-0.39, 0.29) is 0 Å². The molecule has 2 N–H and O–H groups in total. The van der Waals surface area contributed by atoms with Crippen LogP contribution in [0.3, 0.4) is 0 Å². The van der Waals surface area contributed by atoms with Crippen LogP contribution in [0.25, 0.3) is 0 Å². The van der Waals surface area contributed by atoms with Gasteiger partial charge in [-0.15, -0.1) is 10.2 Å². The number of hydrogen-bond donors (Lipinski definition) is 1. The SMILES string of the molecule is COc1ccc(OC)c(Cc2nnc(CCN)o2)c1. The normalized spacial score (nSPS) is 10.5. The standard InChI is InChI=1S/C13H17N3O3/c1-17-10-3-4-11(18-2)9(7-10)8-13-16-15-12(19-13)5-6-14/h3-4,7H,5-6,8,14H2,1-2H3. The molecule has 1 aromatic heterocycles. The van der Waals surface area contributed by atoms with Crippen molar-refractivity contribution in [2.75, 3.05) is 20.8 Å². The maximum absolute atomic E-state index is 5.50. The van der Waals surface area contributed by atoms with Gasteiger partial charge in [0, 0.05) is 18.5 Å². The largest absolute Gasteiger partial charge is 0.497 e. The summed E-state index contributed by atoms with van der Waals surface area (Å²) in [5.41, 5.74) is 6.38. The quantitative estimate of drug-likeness (QED) is 0.842. The first-order chi connectivity index (χ1) is 9.26. The first-order valence-corrected chi connectivity index (χ1v) is 5.99. The van der Waals surface area contributed by atoms with Gasteiger partial charge in [-0.25, -0.2) is 0 Å². The maximum Gasteiger partial charge on any atom is 0.221 e. The van der Waals surface area contributed by atoms with Gasteiger partial charge in [0.1, 0.15) is 11.5 Å². The summed E-state index contributed by atoms with van der Waals surface area (Å²) in [7, 11) is 3.25. The van der Waals surface area contributed by atoms with Crippen LogP contribution in [-0.2, 0) is 12.8 Å². The summed E-state index contributed by atoms with van der Waals surface area (Å²) >= 11 is 0. The van der Waals surface area contributed by atoms with E-state index in [0.717, 1.165) is 17.1 Å². The number of rotatable bonds is 6. The molecule has 2 aromatic rings. The second-order valence-electron chi connectivity index (χ2n) is 3.98. The van der Waals surface area contributed by atoms with Crippen molar-refractivity contribution in [2.45, 2.75) is 12.8 Å². The molecule has 19 heavy (non-hydrogen) atoms. The molecular formula is C13H17N3O3. The molecule has 0 bridgehead atoms. The lowest BCUT2D eigenvalue weighted by molar-refractivity contribution is 0.396. The van der Waals surface area contributed by atoms with Crippen LogP contribution in [0.5, 0.6) is 11.5 Å². The topological polar surface area (TPSA) is 83.4 Å². The Morgan fingerprint density at radius 1 is 1.16 bits per heavy atom. The monoisotopic (exact) mass is 263 g/mol. The molecule has 0 unspecified atom stereocenters. The summed E-state index contributed by atoms with van der Waals surface area (Å²) in [6.07, 6.45) is 1.08. The van der Waals surface area contributed by atoms with Crippen molar-refractivity contribution in [2.24, 2.45) is 5.73 Å². The third-order valence-corrected chi connectivity index (χ3v) is 2.70. The first kappa shape index (κ1) is 13.4. The van der Waals surface area contributed by atoms with Crippen LogP contribution >= 0.6 is 0 Å². The van der Waals surface area contributed by atoms with Crippen LogP contribution in [0.2, 0.25) is 0 Å². The molecule has 0 saturated carbocycles. The minimum Gasteiger partial charge on any atom is -0.497 e. The van der Waals surface area contributed by atoms with Gasteiger partial charge in [-0.2, -0.15) is 0 Å². The Bertz CT molecular complexity index is 540. The average Bonchev–Trinajstić information content (AvgIpc) is 2.86. The molecule has 0 fully saturated rings. The fourth-order valence-corrected chi connectivity index (χ4v) is 1.77. The number of aromatic nitrogens is 2. The van der Waals surface area contributed by atoms with E-state index in [4.69, 9.17) is 19.6 Å². The first-order valence-electron chi connectivity index (χ1n) is 5.99. The fraction of sp³-hybridized carbons (Fsp3) is 0.385. The molecule has 0 spiro atoms. The summed E-state index contributed by atoms with van der Waals surface area (Å²) in [5.74, 6) is 2.62. The summed E-state index contributed by atoms with van der Waals surface area (Å²) in [6, 6.07) is 5.59. The Balaban J connectivity index is 2.20. The van der Waals surface area contributed by atoms with Gasteiger partial charge >= 0.3 is 0 Å². The zero-order chi connectivity index (χ0) is 13.7. The highest BCUT2D eigenvalue weighted by atomic mass is 16.5. The van der Waals surface area contributed by atoms with Crippen molar-refractivity contribution < 1.29 is 13.9 Å². The maximum atomic E-state index is 5.50. The third-order valence-electron chi connectivity index (χ3n) is 2.70. The van der Waals surface area contributed by atoms with Gasteiger partial charge in [0.2, 0.25) is 11.8 Å². The second kappa shape index (κ2) is 6.19. The summed E-state index contributed by atoms with van der Waals surface area (Å²) < 4.78 is 16.0. The molecule has 0 aliphatic heterocycles.